The van der Waals surface area contributed by atoms with Crippen LogP contribution in [0.2, 0.25) is 0 Å². The third-order valence-electron chi connectivity index (χ3n) is 5.34. The molecule has 10 heteroatoms. The van der Waals surface area contributed by atoms with Crippen molar-refractivity contribution in [3.05, 3.63) is 23.7 Å². The minimum absolute atomic E-state index is 0.0848. The van der Waals surface area contributed by atoms with Crippen molar-refractivity contribution in [3.63, 3.8) is 0 Å². The molecular formula is C18H25F3N2O5. The fourth-order valence-electron chi connectivity index (χ4n) is 3.44. The maximum absolute atomic E-state index is 11.7. The molecular weight excluding hydrogens is 381 g/mol. The quantitative estimate of drug-likeness (QED) is 0.812. The van der Waals surface area contributed by atoms with Crippen LogP contribution in [0.1, 0.15) is 31.3 Å². The molecule has 1 aromatic heterocycles. The van der Waals surface area contributed by atoms with Crippen LogP contribution >= 0.6 is 0 Å². The number of alkyl halides is 3. The van der Waals surface area contributed by atoms with Crippen molar-refractivity contribution in [3.8, 4) is 0 Å². The largest absolute Gasteiger partial charge is 0.490 e. The lowest BCUT2D eigenvalue weighted by atomic mass is 9.83. The Morgan fingerprint density at radius 1 is 1.32 bits per heavy atom. The number of carbonyl (C=O) groups is 2. The lowest BCUT2D eigenvalue weighted by Crippen LogP contribution is -2.62. The number of halogens is 3. The van der Waals surface area contributed by atoms with E-state index in [0.29, 0.717) is 0 Å². The summed E-state index contributed by atoms with van der Waals surface area (Å²) < 4.78 is 43.3. The van der Waals surface area contributed by atoms with E-state index in [9.17, 15) is 18.0 Å². The number of aryl methyl sites for hydroxylation is 1. The molecule has 2 aliphatic rings. The predicted octanol–water partition coefficient (Wildman–Crippen LogP) is 2.43. The molecule has 0 aliphatic carbocycles. The summed E-state index contributed by atoms with van der Waals surface area (Å²) in [6.07, 6.45) is -3.16. The molecule has 1 atom stereocenters. The molecule has 0 radical (unpaired) electrons. The number of morpholine rings is 1. The fraction of sp³-hybridized carbons (Fsp3) is 0.667. The smallest absolute Gasteiger partial charge is 0.475 e. The van der Waals surface area contributed by atoms with Gasteiger partial charge in [0.15, 0.2) is 0 Å². The minimum atomic E-state index is -5.08. The van der Waals surface area contributed by atoms with Crippen molar-refractivity contribution in [1.82, 2.24) is 9.80 Å². The molecule has 2 fully saturated rings. The van der Waals surface area contributed by atoms with Crippen LogP contribution in [-0.4, -0.2) is 71.3 Å². The zero-order valence-corrected chi connectivity index (χ0v) is 16.1. The lowest BCUT2D eigenvalue weighted by molar-refractivity contribution is -0.192. The third kappa shape index (κ3) is 5.26. The van der Waals surface area contributed by atoms with E-state index in [4.69, 9.17) is 19.1 Å². The summed E-state index contributed by atoms with van der Waals surface area (Å²) in [5, 5.41) is 7.12. The van der Waals surface area contributed by atoms with Crippen LogP contribution in [0, 0.1) is 6.92 Å². The molecule has 3 heterocycles. The molecule has 2 saturated heterocycles. The zero-order valence-electron chi connectivity index (χ0n) is 16.1. The molecule has 1 amide bonds. The van der Waals surface area contributed by atoms with Gasteiger partial charge in [-0.2, -0.15) is 13.2 Å². The highest BCUT2D eigenvalue weighted by molar-refractivity contribution is 5.78. The maximum Gasteiger partial charge on any atom is 0.490 e. The second-order valence-electron chi connectivity index (χ2n) is 7.13. The Bertz CT molecular complexity index is 696. The molecule has 0 saturated carbocycles. The Morgan fingerprint density at radius 3 is 2.36 bits per heavy atom. The summed E-state index contributed by atoms with van der Waals surface area (Å²) in [6.45, 7) is 7.10. The number of likely N-dealkylation sites (tertiary alicyclic amines) is 1. The maximum atomic E-state index is 11.7. The van der Waals surface area contributed by atoms with Gasteiger partial charge in [0, 0.05) is 20.1 Å². The van der Waals surface area contributed by atoms with Gasteiger partial charge in [0.1, 0.15) is 18.1 Å². The molecule has 3 rings (SSSR count). The Labute approximate surface area is 161 Å². The van der Waals surface area contributed by atoms with Crippen LogP contribution in [0.5, 0.6) is 0 Å². The summed E-state index contributed by atoms with van der Waals surface area (Å²) >= 11 is 0. The van der Waals surface area contributed by atoms with Crippen LogP contribution in [0.15, 0.2) is 16.5 Å². The molecule has 1 spiro atoms. The molecule has 0 bridgehead atoms. The number of furan rings is 1. The number of aliphatic carboxylic acids is 1. The second kappa shape index (κ2) is 8.52. The fourth-order valence-corrected chi connectivity index (χ4v) is 3.44. The van der Waals surface area contributed by atoms with E-state index in [1.54, 1.807) is 0 Å². The zero-order chi connectivity index (χ0) is 21.1. The number of ether oxygens (including phenoxy) is 1. The summed E-state index contributed by atoms with van der Waals surface area (Å²) in [6, 6.07) is 4.20. The molecule has 1 unspecified atom stereocenters. The van der Waals surface area contributed by atoms with E-state index >= 15 is 0 Å². The number of hydrogen-bond acceptors (Lipinski definition) is 5. The first-order valence-electron chi connectivity index (χ1n) is 8.92. The number of carboxylic acids is 1. The highest BCUT2D eigenvalue weighted by Gasteiger charge is 2.46. The third-order valence-corrected chi connectivity index (χ3v) is 5.34. The van der Waals surface area contributed by atoms with Gasteiger partial charge in [0.25, 0.3) is 0 Å². The van der Waals surface area contributed by atoms with E-state index in [1.165, 1.54) is 0 Å². The minimum Gasteiger partial charge on any atom is -0.475 e. The molecule has 28 heavy (non-hydrogen) atoms. The highest BCUT2D eigenvalue weighted by Crippen LogP contribution is 2.35. The number of carboxylic acid groups (broad SMARTS) is 1. The van der Waals surface area contributed by atoms with Gasteiger partial charge in [-0.15, -0.1) is 0 Å². The van der Waals surface area contributed by atoms with E-state index in [0.717, 1.165) is 44.0 Å². The summed E-state index contributed by atoms with van der Waals surface area (Å²) in [7, 11) is 1.88. The summed E-state index contributed by atoms with van der Waals surface area (Å²) in [5.41, 5.74) is -0.168. The Hall–Kier alpha value is -2.07. The summed E-state index contributed by atoms with van der Waals surface area (Å²) in [4.78, 5) is 24.9. The molecule has 1 aromatic rings. The highest BCUT2D eigenvalue weighted by atomic mass is 19.4. The summed E-state index contributed by atoms with van der Waals surface area (Å²) in [5.74, 6) is -0.690. The van der Waals surface area contributed by atoms with E-state index in [1.807, 2.05) is 31.0 Å². The first-order valence-corrected chi connectivity index (χ1v) is 8.92. The van der Waals surface area contributed by atoms with Crippen LogP contribution in [0.25, 0.3) is 0 Å². The first-order chi connectivity index (χ1) is 12.9. The lowest BCUT2D eigenvalue weighted by Gasteiger charge is -2.50. The Morgan fingerprint density at radius 2 is 1.89 bits per heavy atom. The standard InChI is InChI=1S/C16H24N2O3.C2HF3O2/c1-12-4-5-14(21-12)10-18-8-6-16(7-9-18)13(2)17(3)15(19)11-20-16;3-2(4,5)1(6)7/h4-5,13H,6-11H2,1-3H3;(H,6,7). The number of nitrogens with zero attached hydrogens (tertiary/aromatic N) is 2. The normalized spacial score (nSPS) is 22.7. The molecule has 2 aliphatic heterocycles. The van der Waals surface area contributed by atoms with E-state index < -0.39 is 12.1 Å². The van der Waals surface area contributed by atoms with Crippen molar-refractivity contribution < 1.29 is 37.0 Å². The number of piperidine rings is 1. The van der Waals surface area contributed by atoms with Crippen molar-refractivity contribution in [2.24, 2.45) is 0 Å². The van der Waals surface area contributed by atoms with Gasteiger partial charge >= 0.3 is 12.1 Å². The molecule has 1 N–H and O–H groups in total. The van der Waals surface area contributed by atoms with Crippen molar-refractivity contribution in [2.75, 3.05) is 26.7 Å². The topological polar surface area (TPSA) is 83.2 Å². The van der Waals surface area contributed by atoms with Gasteiger partial charge in [0.05, 0.1) is 18.2 Å². The second-order valence-corrected chi connectivity index (χ2v) is 7.13. The number of likely N-dealkylation sites (N-methyl/N-ethyl adjacent to an activating group) is 1. The van der Waals surface area contributed by atoms with Gasteiger partial charge in [-0.25, -0.2) is 4.79 Å². The van der Waals surface area contributed by atoms with Gasteiger partial charge in [-0.3, -0.25) is 9.69 Å². The van der Waals surface area contributed by atoms with Gasteiger partial charge in [0.2, 0.25) is 5.91 Å². The van der Waals surface area contributed by atoms with Crippen LogP contribution in [0.4, 0.5) is 13.2 Å². The molecule has 158 valence electrons. The monoisotopic (exact) mass is 406 g/mol. The first kappa shape index (κ1) is 22.2. The van der Waals surface area contributed by atoms with Crippen LogP contribution in [-0.2, 0) is 20.9 Å². The average Bonchev–Trinajstić information content (AvgIpc) is 3.03. The van der Waals surface area contributed by atoms with Gasteiger partial charge in [-0.05, 0) is 38.8 Å². The van der Waals surface area contributed by atoms with Crippen molar-refractivity contribution in [1.29, 1.82) is 0 Å². The van der Waals surface area contributed by atoms with E-state index in [2.05, 4.69) is 11.8 Å². The van der Waals surface area contributed by atoms with E-state index in [-0.39, 0.29) is 24.2 Å². The van der Waals surface area contributed by atoms with Crippen molar-refractivity contribution in [2.45, 2.75) is 51.1 Å². The molecule has 7 nitrogen and oxygen atoms in total. The number of hydrogen-bond donors (Lipinski definition) is 1. The number of carbonyl (C=O) groups excluding carboxylic acids is 1. The van der Waals surface area contributed by atoms with Crippen LogP contribution in [0.3, 0.4) is 0 Å². The molecule has 0 aromatic carbocycles. The number of amides is 1. The predicted molar refractivity (Wildman–Crippen MR) is 92.6 cm³/mol. The van der Waals surface area contributed by atoms with Gasteiger partial charge < -0.3 is 19.2 Å². The van der Waals surface area contributed by atoms with Crippen LogP contribution < -0.4 is 0 Å². The Balaban J connectivity index is 0.000000345. The SMILES string of the molecule is Cc1ccc(CN2CCC3(CC2)OCC(=O)N(C)C3C)o1.O=C(O)C(F)(F)F. The Kier molecular flexibility index (Phi) is 6.76. The van der Waals surface area contributed by atoms with Crippen molar-refractivity contribution >= 4 is 11.9 Å². The van der Waals surface area contributed by atoms with Gasteiger partial charge in [-0.1, -0.05) is 0 Å². The average molecular weight is 406 g/mol. The number of rotatable bonds is 2.